The summed E-state index contributed by atoms with van der Waals surface area (Å²) in [6, 6.07) is 9.34. The van der Waals surface area contributed by atoms with Crippen molar-refractivity contribution in [2.24, 2.45) is 0 Å². The maximum Gasteiger partial charge on any atom is 0.204 e. The van der Waals surface area contributed by atoms with Gasteiger partial charge >= 0.3 is 0 Å². The van der Waals surface area contributed by atoms with Gasteiger partial charge in [-0.25, -0.2) is 4.39 Å². The van der Waals surface area contributed by atoms with Crippen molar-refractivity contribution in [1.82, 2.24) is 20.2 Å². The van der Waals surface area contributed by atoms with Crippen molar-refractivity contribution in [3.63, 3.8) is 0 Å². The lowest BCUT2D eigenvalue weighted by molar-refractivity contribution is 0.0965. The summed E-state index contributed by atoms with van der Waals surface area (Å²) in [5, 5.41) is 11.8. The van der Waals surface area contributed by atoms with Crippen molar-refractivity contribution in [2.75, 3.05) is 0 Å². The molecule has 21 heavy (non-hydrogen) atoms. The maximum absolute atomic E-state index is 12.9. The summed E-state index contributed by atoms with van der Waals surface area (Å²) < 4.78 is 13.8. The van der Waals surface area contributed by atoms with Gasteiger partial charge in [-0.05, 0) is 57.5 Å². The maximum atomic E-state index is 12.9. The van der Waals surface area contributed by atoms with Crippen LogP contribution in [-0.2, 0) is 6.54 Å². The van der Waals surface area contributed by atoms with E-state index in [2.05, 4.69) is 31.3 Å². The lowest BCUT2D eigenvalue weighted by Gasteiger charge is -1.96. The highest BCUT2D eigenvalue weighted by molar-refractivity contribution is 9.11. The van der Waals surface area contributed by atoms with Gasteiger partial charge in [-0.3, -0.25) is 4.79 Å². The summed E-state index contributed by atoms with van der Waals surface area (Å²) in [4.78, 5) is 13.9. The fraction of sp³-hybridized carbons (Fsp3) is 0.0769. The molecular weight excluding hydrogens is 359 g/mol. The molecule has 8 heteroatoms. The van der Waals surface area contributed by atoms with Gasteiger partial charge in [-0.15, -0.1) is 21.5 Å². The van der Waals surface area contributed by atoms with Gasteiger partial charge in [0.25, 0.3) is 0 Å². The summed E-state index contributed by atoms with van der Waals surface area (Å²) in [5.41, 5.74) is 0.647. The Morgan fingerprint density at radius 1 is 1.24 bits per heavy atom. The molecule has 0 saturated heterocycles. The number of ketones is 1. The number of benzene rings is 1. The Bertz CT molecular complexity index is 784. The molecule has 0 aliphatic rings. The number of hydrogen-bond acceptors (Lipinski definition) is 5. The van der Waals surface area contributed by atoms with Crippen LogP contribution in [0.1, 0.15) is 9.67 Å². The average Bonchev–Trinajstić information content (AvgIpc) is 3.09. The first-order valence-electron chi connectivity index (χ1n) is 5.94. The summed E-state index contributed by atoms with van der Waals surface area (Å²) in [7, 11) is 0. The molecule has 0 aliphatic carbocycles. The number of aromatic nitrogens is 4. The quantitative estimate of drug-likeness (QED) is 0.665. The smallest absolute Gasteiger partial charge is 0.204 e. The predicted molar refractivity (Wildman–Crippen MR) is 79.6 cm³/mol. The van der Waals surface area contributed by atoms with Crippen molar-refractivity contribution in [2.45, 2.75) is 6.54 Å². The predicted octanol–water partition coefficient (Wildman–Crippen LogP) is 3.19. The normalized spacial score (nSPS) is 10.8. The number of rotatable bonds is 4. The van der Waals surface area contributed by atoms with E-state index < -0.39 is 0 Å². The third-order valence-electron chi connectivity index (χ3n) is 2.69. The molecule has 1 aromatic carbocycles. The molecule has 0 saturated carbocycles. The molecular formula is C13H8BrFN4OS. The van der Waals surface area contributed by atoms with Crippen LogP contribution in [-0.4, -0.2) is 26.0 Å². The van der Waals surface area contributed by atoms with E-state index in [0.29, 0.717) is 16.3 Å². The highest BCUT2D eigenvalue weighted by Crippen LogP contribution is 2.22. The lowest BCUT2D eigenvalue weighted by Crippen LogP contribution is -2.12. The molecule has 0 atom stereocenters. The van der Waals surface area contributed by atoms with Gasteiger partial charge in [0.2, 0.25) is 5.82 Å². The fourth-order valence-electron chi connectivity index (χ4n) is 1.70. The van der Waals surface area contributed by atoms with Gasteiger partial charge in [0.1, 0.15) is 12.4 Å². The van der Waals surface area contributed by atoms with Crippen molar-refractivity contribution < 1.29 is 9.18 Å². The first kappa shape index (κ1) is 14.0. The van der Waals surface area contributed by atoms with Gasteiger partial charge < -0.3 is 0 Å². The molecule has 2 aromatic heterocycles. The fourth-order valence-corrected chi connectivity index (χ4v) is 3.01. The zero-order valence-corrected chi connectivity index (χ0v) is 12.9. The molecule has 3 aromatic rings. The summed E-state index contributed by atoms with van der Waals surface area (Å²) in [6.45, 7) is 0.0150. The molecule has 0 radical (unpaired) electrons. The number of carbonyl (C=O) groups is 1. The summed E-state index contributed by atoms with van der Waals surface area (Å²) in [6.07, 6.45) is 0. The van der Waals surface area contributed by atoms with E-state index >= 15 is 0 Å². The highest BCUT2D eigenvalue weighted by Gasteiger charge is 2.12. The van der Waals surface area contributed by atoms with Crippen LogP contribution in [0.15, 0.2) is 40.2 Å². The molecule has 3 rings (SSSR count). The number of nitrogens with zero attached hydrogens (tertiary/aromatic N) is 4. The number of thiophene rings is 1. The first-order valence-corrected chi connectivity index (χ1v) is 7.55. The standard InChI is InChI=1S/C13H8BrFN4OS/c14-12-6-5-11(21-12)10(20)7-19-17-13(16-18-19)8-1-3-9(15)4-2-8/h1-6H,7H2. The molecule has 0 N–H and O–H groups in total. The Balaban J connectivity index is 1.76. The van der Waals surface area contributed by atoms with E-state index in [1.54, 1.807) is 18.2 Å². The monoisotopic (exact) mass is 366 g/mol. The van der Waals surface area contributed by atoms with E-state index in [9.17, 15) is 9.18 Å². The number of tetrazole rings is 1. The number of carbonyl (C=O) groups excluding carboxylic acids is 1. The lowest BCUT2D eigenvalue weighted by atomic mass is 10.2. The van der Waals surface area contributed by atoms with Crippen LogP contribution >= 0.6 is 27.3 Å². The topological polar surface area (TPSA) is 60.7 Å². The van der Waals surface area contributed by atoms with Crippen LogP contribution in [0.5, 0.6) is 0 Å². The van der Waals surface area contributed by atoms with Gasteiger partial charge in [-0.2, -0.15) is 4.80 Å². The molecule has 106 valence electrons. The Morgan fingerprint density at radius 3 is 2.67 bits per heavy atom. The Hall–Kier alpha value is -1.93. The van der Waals surface area contributed by atoms with Crippen LogP contribution < -0.4 is 0 Å². The van der Waals surface area contributed by atoms with Crippen LogP contribution in [0, 0.1) is 5.82 Å². The largest absolute Gasteiger partial charge is 0.291 e. The van der Waals surface area contributed by atoms with Gasteiger partial charge in [-0.1, -0.05) is 0 Å². The van der Waals surface area contributed by atoms with E-state index in [0.717, 1.165) is 3.79 Å². The minimum atomic E-state index is -0.329. The van der Waals surface area contributed by atoms with Gasteiger partial charge in [0, 0.05) is 5.56 Å². The van der Waals surface area contributed by atoms with Crippen LogP contribution in [0.2, 0.25) is 0 Å². The van der Waals surface area contributed by atoms with Gasteiger partial charge in [0.15, 0.2) is 5.78 Å². The van der Waals surface area contributed by atoms with Crippen LogP contribution in [0.3, 0.4) is 0 Å². The zero-order valence-electron chi connectivity index (χ0n) is 10.5. The average molecular weight is 367 g/mol. The second-order valence-corrected chi connectivity index (χ2v) is 6.64. The Labute approximate surface area is 131 Å². The minimum Gasteiger partial charge on any atom is -0.291 e. The second-order valence-electron chi connectivity index (χ2n) is 4.18. The zero-order chi connectivity index (χ0) is 14.8. The number of halogens is 2. The van der Waals surface area contributed by atoms with E-state index in [1.807, 2.05) is 6.07 Å². The second kappa shape index (κ2) is 5.82. The number of hydrogen-bond donors (Lipinski definition) is 0. The summed E-state index contributed by atoms with van der Waals surface area (Å²) in [5.74, 6) is -0.0616. The van der Waals surface area contributed by atoms with Crippen molar-refractivity contribution in [3.8, 4) is 11.4 Å². The summed E-state index contributed by atoms with van der Waals surface area (Å²) >= 11 is 4.67. The SMILES string of the molecule is O=C(Cn1nnc(-c2ccc(F)cc2)n1)c1ccc(Br)s1. The Kier molecular flexibility index (Phi) is 3.89. The van der Waals surface area contributed by atoms with Crippen LogP contribution in [0.25, 0.3) is 11.4 Å². The molecule has 0 aliphatic heterocycles. The van der Waals surface area contributed by atoms with Gasteiger partial charge in [0.05, 0.1) is 8.66 Å². The third kappa shape index (κ3) is 3.22. The molecule has 0 amide bonds. The Morgan fingerprint density at radius 2 is 2.00 bits per heavy atom. The van der Waals surface area contributed by atoms with E-state index in [1.165, 1.54) is 28.3 Å². The molecule has 2 heterocycles. The van der Waals surface area contributed by atoms with Crippen LogP contribution in [0.4, 0.5) is 4.39 Å². The molecule has 5 nitrogen and oxygen atoms in total. The van der Waals surface area contributed by atoms with E-state index in [-0.39, 0.29) is 18.1 Å². The molecule has 0 unspecified atom stereocenters. The first-order chi connectivity index (χ1) is 10.1. The van der Waals surface area contributed by atoms with Crippen molar-refractivity contribution in [3.05, 3.63) is 50.9 Å². The molecule has 0 bridgehead atoms. The molecule has 0 fully saturated rings. The van der Waals surface area contributed by atoms with Crippen molar-refractivity contribution >= 4 is 33.0 Å². The van der Waals surface area contributed by atoms with Crippen molar-refractivity contribution in [1.29, 1.82) is 0 Å². The minimum absolute atomic E-state index is 0.0150. The third-order valence-corrected chi connectivity index (χ3v) is 4.35. The van der Waals surface area contributed by atoms with E-state index in [4.69, 9.17) is 0 Å². The highest BCUT2D eigenvalue weighted by atomic mass is 79.9. The molecule has 0 spiro atoms. The number of Topliss-reactive ketones (excluding diaryl/α,β-unsaturated/α-hetero) is 1.